The van der Waals surface area contributed by atoms with E-state index in [-0.39, 0.29) is 17.8 Å². The van der Waals surface area contributed by atoms with Gasteiger partial charge in [0.2, 0.25) is 11.9 Å². The van der Waals surface area contributed by atoms with Crippen molar-refractivity contribution >= 4 is 36.0 Å². The van der Waals surface area contributed by atoms with Crippen LogP contribution in [0.2, 0.25) is 0 Å². The van der Waals surface area contributed by atoms with Crippen molar-refractivity contribution < 1.29 is 26.3 Å². The molecular formula is C20H19F6N9. The summed E-state index contributed by atoms with van der Waals surface area (Å²) in [5, 5.41) is 20.4. The van der Waals surface area contributed by atoms with Crippen LogP contribution in [0.1, 0.15) is 36.8 Å². The van der Waals surface area contributed by atoms with Crippen LogP contribution in [0.25, 0.3) is 0 Å². The number of hydrogen-bond donors (Lipinski definition) is 4. The molecule has 2 fully saturated rings. The average Bonchev–Trinajstić information content (AvgIpc) is 3.69. The van der Waals surface area contributed by atoms with E-state index in [1.54, 1.807) is 0 Å². The van der Waals surface area contributed by atoms with Crippen molar-refractivity contribution in [3.05, 3.63) is 35.3 Å². The Balaban J connectivity index is 1.85. The van der Waals surface area contributed by atoms with Crippen LogP contribution in [0, 0.1) is 10.8 Å². The number of halogens is 6. The molecular weight excluding hydrogens is 480 g/mol. The molecule has 0 spiro atoms. The molecule has 0 aromatic carbocycles. The van der Waals surface area contributed by atoms with Gasteiger partial charge in [0, 0.05) is 36.9 Å². The summed E-state index contributed by atoms with van der Waals surface area (Å²) in [5.41, 5.74) is -2.40. The fourth-order valence-electron chi connectivity index (χ4n) is 3.03. The second kappa shape index (κ2) is 9.11. The molecule has 2 aliphatic rings. The number of alkyl halides is 6. The summed E-state index contributed by atoms with van der Waals surface area (Å²) in [6.45, 7) is 0. The summed E-state index contributed by atoms with van der Waals surface area (Å²) < 4.78 is 81.0. The van der Waals surface area contributed by atoms with Crippen LogP contribution in [0.15, 0.2) is 24.2 Å². The number of nitrogens with one attached hydrogen (secondary N) is 4. The fourth-order valence-corrected chi connectivity index (χ4v) is 3.03. The second-order valence-electron chi connectivity index (χ2n) is 7.94. The van der Waals surface area contributed by atoms with Gasteiger partial charge in [-0.2, -0.15) is 36.3 Å². The third-order valence-electron chi connectivity index (χ3n) is 5.06. The zero-order chi connectivity index (χ0) is 25.4. The maximum absolute atomic E-state index is 13.5. The van der Waals surface area contributed by atoms with Gasteiger partial charge in [-0.3, -0.25) is 0 Å². The Labute approximate surface area is 194 Å². The lowest BCUT2D eigenvalue weighted by Crippen LogP contribution is -2.25. The summed E-state index contributed by atoms with van der Waals surface area (Å²) in [7, 11) is 0. The molecule has 2 heterocycles. The van der Waals surface area contributed by atoms with Crippen molar-refractivity contribution in [2.24, 2.45) is 0 Å². The number of hydrogen-bond acceptors (Lipinski definition) is 9. The molecule has 0 bridgehead atoms. The number of nitrogens with zero attached hydrogens (tertiary/aromatic N) is 5. The molecule has 35 heavy (non-hydrogen) atoms. The molecule has 2 saturated carbocycles. The van der Waals surface area contributed by atoms with Gasteiger partial charge < -0.3 is 21.5 Å². The van der Waals surface area contributed by atoms with Crippen molar-refractivity contribution in [1.82, 2.24) is 19.9 Å². The molecule has 0 unspecified atom stereocenters. The van der Waals surface area contributed by atoms with E-state index >= 15 is 0 Å². The van der Waals surface area contributed by atoms with Gasteiger partial charge in [-0.15, -0.1) is 0 Å². The first-order valence-corrected chi connectivity index (χ1v) is 10.4. The molecule has 4 N–H and O–H groups in total. The van der Waals surface area contributed by atoms with Gasteiger partial charge >= 0.3 is 12.4 Å². The monoisotopic (exact) mass is 499 g/mol. The Hall–Kier alpha value is -3.78. The zero-order valence-corrected chi connectivity index (χ0v) is 17.9. The molecule has 15 heteroatoms. The van der Waals surface area contributed by atoms with E-state index in [9.17, 15) is 26.3 Å². The lowest BCUT2D eigenvalue weighted by molar-refractivity contribution is -0.138. The van der Waals surface area contributed by atoms with Crippen molar-refractivity contribution in [3.63, 3.8) is 0 Å². The van der Waals surface area contributed by atoms with Crippen molar-refractivity contribution in [3.8, 4) is 0 Å². The highest BCUT2D eigenvalue weighted by molar-refractivity contribution is 5.90. The third kappa shape index (κ3) is 5.66. The maximum Gasteiger partial charge on any atom is 0.421 e. The van der Waals surface area contributed by atoms with Crippen molar-refractivity contribution in [2.75, 3.05) is 15.5 Å². The minimum atomic E-state index is -4.76. The minimum absolute atomic E-state index is 0.158. The molecule has 0 radical (unpaired) electrons. The Kier molecular flexibility index (Phi) is 6.34. The summed E-state index contributed by atoms with van der Waals surface area (Å²) in [5.74, 6) is -1.88. The van der Waals surface area contributed by atoms with Crippen LogP contribution in [0.4, 0.5) is 49.9 Å². The lowest BCUT2D eigenvalue weighted by Gasteiger charge is -2.24. The average molecular weight is 499 g/mol. The molecule has 9 nitrogen and oxygen atoms in total. The second-order valence-corrected chi connectivity index (χ2v) is 7.94. The van der Waals surface area contributed by atoms with Crippen LogP contribution in [0.3, 0.4) is 0 Å². The molecule has 2 aromatic rings. The number of allylic oxidation sites excluding steroid dienone is 2. The Morgan fingerprint density at radius 3 is 1.57 bits per heavy atom. The van der Waals surface area contributed by atoms with Crippen LogP contribution >= 0.6 is 0 Å². The first-order chi connectivity index (χ1) is 16.5. The molecule has 186 valence electrons. The van der Waals surface area contributed by atoms with Crippen molar-refractivity contribution in [2.45, 2.75) is 50.1 Å². The van der Waals surface area contributed by atoms with Crippen LogP contribution in [0.5, 0.6) is 0 Å². The van der Waals surface area contributed by atoms with Gasteiger partial charge in [0.15, 0.2) is 0 Å². The van der Waals surface area contributed by atoms with Crippen LogP contribution in [-0.2, 0) is 12.4 Å². The van der Waals surface area contributed by atoms with Gasteiger partial charge in [0.05, 0.1) is 5.70 Å². The van der Waals surface area contributed by atoms with Crippen LogP contribution < -0.4 is 15.5 Å². The van der Waals surface area contributed by atoms with E-state index in [2.05, 4.69) is 30.6 Å². The Morgan fingerprint density at radius 2 is 1.26 bits per heavy atom. The zero-order valence-electron chi connectivity index (χ0n) is 17.9. The van der Waals surface area contributed by atoms with E-state index in [0.29, 0.717) is 38.1 Å². The highest BCUT2D eigenvalue weighted by atomic mass is 19.4. The summed E-state index contributed by atoms with van der Waals surface area (Å²) in [6.07, 6.45) is -3.24. The maximum atomic E-state index is 13.5. The molecule has 4 rings (SSSR count). The normalized spacial score (nSPS) is 16.6. The van der Waals surface area contributed by atoms with Gasteiger partial charge in [0.25, 0.3) is 0 Å². The molecule has 2 aliphatic carbocycles. The minimum Gasteiger partial charge on any atom is -0.367 e. The van der Waals surface area contributed by atoms with E-state index in [4.69, 9.17) is 10.8 Å². The smallest absolute Gasteiger partial charge is 0.367 e. The van der Waals surface area contributed by atoms with Crippen molar-refractivity contribution in [1.29, 1.82) is 10.8 Å². The molecule has 0 aliphatic heterocycles. The molecule has 0 atom stereocenters. The Morgan fingerprint density at radius 1 is 0.829 bits per heavy atom. The first-order valence-electron chi connectivity index (χ1n) is 10.4. The van der Waals surface area contributed by atoms with Gasteiger partial charge in [0.1, 0.15) is 22.8 Å². The van der Waals surface area contributed by atoms with E-state index in [0.717, 1.165) is 23.4 Å². The number of anilines is 4. The Bertz CT molecular complexity index is 1080. The quantitative estimate of drug-likeness (QED) is 0.289. The first kappa shape index (κ1) is 24.3. The largest absolute Gasteiger partial charge is 0.421 e. The highest BCUT2D eigenvalue weighted by Crippen LogP contribution is 2.39. The van der Waals surface area contributed by atoms with E-state index in [1.807, 2.05) is 0 Å². The van der Waals surface area contributed by atoms with Gasteiger partial charge in [-0.05, 0) is 31.8 Å². The SMILES string of the molecule is N=C/C=C(\C=N)N(c1ncc(C(F)(F)F)c(NC2CC2)n1)c1ncc(C(F)(F)F)c(NC2CC2)n1. The summed E-state index contributed by atoms with van der Waals surface area (Å²) in [6, 6.07) is -0.411. The summed E-state index contributed by atoms with van der Waals surface area (Å²) in [4.78, 5) is 16.3. The number of rotatable bonds is 9. The fraction of sp³-hybridized carbons (Fsp3) is 0.400. The predicted octanol–water partition coefficient (Wildman–Crippen LogP) is 4.77. The van der Waals surface area contributed by atoms with Gasteiger partial charge in [-0.25, -0.2) is 14.9 Å². The lowest BCUT2D eigenvalue weighted by atomic mass is 10.3. The third-order valence-corrected chi connectivity index (χ3v) is 5.06. The molecule has 2 aromatic heterocycles. The van der Waals surface area contributed by atoms with E-state index in [1.165, 1.54) is 0 Å². The molecule has 0 saturated heterocycles. The highest BCUT2D eigenvalue weighted by Gasteiger charge is 2.39. The summed E-state index contributed by atoms with van der Waals surface area (Å²) >= 11 is 0. The van der Waals surface area contributed by atoms with E-state index < -0.39 is 47.0 Å². The molecule has 0 amide bonds. The van der Waals surface area contributed by atoms with Gasteiger partial charge in [-0.1, -0.05) is 0 Å². The predicted molar refractivity (Wildman–Crippen MR) is 115 cm³/mol. The number of aromatic nitrogens is 4. The topological polar surface area (TPSA) is 127 Å². The van der Waals surface area contributed by atoms with Crippen LogP contribution in [-0.4, -0.2) is 44.4 Å². The standard InChI is InChI=1S/C20H19F6N9/c21-19(22,23)13-8-29-17(33-15(13)31-10-1-2-10)35(12(7-28)5-6-27)18-30-9-14(20(24,25)26)16(34-18)32-11-3-4-11/h5-11,27-28H,1-4H2,(H,29,31,33)(H,30,32,34)/b12-5+,27-6?,28-7?.